The second-order valence-corrected chi connectivity index (χ2v) is 2.83. The van der Waals surface area contributed by atoms with Gasteiger partial charge in [-0.15, -0.1) is 0 Å². The van der Waals surface area contributed by atoms with Gasteiger partial charge < -0.3 is 0 Å². The van der Waals surface area contributed by atoms with Crippen molar-refractivity contribution in [3.8, 4) is 0 Å². The van der Waals surface area contributed by atoms with E-state index in [-0.39, 0.29) is 0 Å². The Hall–Kier alpha value is -0.710. The minimum absolute atomic E-state index is 0.783. The summed E-state index contributed by atoms with van der Waals surface area (Å²) < 4.78 is 1.89. The Kier molecular flexibility index (Phi) is 7.48. The van der Waals surface area contributed by atoms with Crippen LogP contribution < -0.4 is 0 Å². The molecule has 0 bridgehead atoms. The molecule has 0 rings (SSSR count). The van der Waals surface area contributed by atoms with Gasteiger partial charge in [-0.3, -0.25) is 9.98 Å². The quantitative estimate of drug-likeness (QED) is 0.429. The topological polar surface area (TPSA) is 24.7 Å². The van der Waals surface area contributed by atoms with E-state index in [1.54, 1.807) is 6.21 Å². The van der Waals surface area contributed by atoms with E-state index in [9.17, 15) is 0 Å². The summed E-state index contributed by atoms with van der Waals surface area (Å²) in [4.78, 5) is 8.07. The summed E-state index contributed by atoms with van der Waals surface area (Å²) >= 11 is 2.14. The minimum atomic E-state index is 0.783. The average Bonchev–Trinajstić information content (AvgIpc) is 2.14. The standard InChI is InChI=1S/C10H13IN2/c1-4-6-10(13-5-2)9(12-3)7-8-11/h4-8H,3H2,1-2H3/b6-4-,8-7+,10-9-,13-5?. The molecule has 0 spiro atoms. The van der Waals surface area contributed by atoms with Gasteiger partial charge in [0.25, 0.3) is 0 Å². The number of halogens is 1. The normalized spacial score (nSPS) is 14.4. The smallest absolute Gasteiger partial charge is 0.0883 e. The molecule has 2 nitrogen and oxygen atoms in total. The molecular formula is C10H13IN2. The Morgan fingerprint density at radius 3 is 2.31 bits per heavy atom. The van der Waals surface area contributed by atoms with E-state index in [4.69, 9.17) is 0 Å². The first-order valence-corrected chi connectivity index (χ1v) is 5.13. The fraction of sp³-hybridized carbons (Fsp3) is 0.200. The molecule has 0 radical (unpaired) electrons. The molecule has 0 unspecified atom stereocenters. The Morgan fingerprint density at radius 2 is 1.92 bits per heavy atom. The molecule has 0 aromatic carbocycles. The molecule has 0 saturated carbocycles. The van der Waals surface area contributed by atoms with Gasteiger partial charge in [0.2, 0.25) is 0 Å². The summed E-state index contributed by atoms with van der Waals surface area (Å²) in [6.07, 6.45) is 7.44. The summed E-state index contributed by atoms with van der Waals surface area (Å²) in [5.41, 5.74) is 1.61. The Labute approximate surface area is 93.0 Å². The van der Waals surface area contributed by atoms with E-state index in [0.717, 1.165) is 11.4 Å². The third-order valence-electron chi connectivity index (χ3n) is 1.25. The SMILES string of the molecule is C=NC(/C=C/I)=C(/C=C\C)N=CC. The van der Waals surface area contributed by atoms with Crippen molar-refractivity contribution in [1.82, 2.24) is 0 Å². The third kappa shape index (κ3) is 4.77. The first kappa shape index (κ1) is 12.3. The van der Waals surface area contributed by atoms with Crippen LogP contribution in [-0.2, 0) is 0 Å². The van der Waals surface area contributed by atoms with Crippen LogP contribution in [0.3, 0.4) is 0 Å². The molecule has 0 aromatic rings. The highest BCUT2D eigenvalue weighted by Gasteiger charge is 1.94. The molecule has 0 aliphatic heterocycles. The Morgan fingerprint density at radius 1 is 1.23 bits per heavy atom. The predicted molar refractivity (Wildman–Crippen MR) is 68.7 cm³/mol. The number of hydrogen-bond acceptors (Lipinski definition) is 2. The summed E-state index contributed by atoms with van der Waals surface area (Å²) in [5, 5.41) is 0. The van der Waals surface area contributed by atoms with Crippen molar-refractivity contribution >= 4 is 35.5 Å². The molecular weight excluding hydrogens is 275 g/mol. The number of rotatable bonds is 4. The van der Waals surface area contributed by atoms with Crippen LogP contribution in [0.5, 0.6) is 0 Å². The number of hydrogen-bond donors (Lipinski definition) is 0. The van der Waals surface area contributed by atoms with Crippen molar-refractivity contribution in [3.05, 3.63) is 33.7 Å². The summed E-state index contributed by atoms with van der Waals surface area (Å²) in [7, 11) is 0. The zero-order chi connectivity index (χ0) is 10.1. The van der Waals surface area contributed by atoms with Crippen LogP contribution in [-0.4, -0.2) is 12.9 Å². The minimum Gasteiger partial charge on any atom is -0.262 e. The highest BCUT2D eigenvalue weighted by atomic mass is 127. The monoisotopic (exact) mass is 288 g/mol. The molecule has 3 heteroatoms. The molecule has 0 atom stereocenters. The van der Waals surface area contributed by atoms with Gasteiger partial charge in [-0.1, -0.05) is 28.7 Å². The molecule has 13 heavy (non-hydrogen) atoms. The highest BCUT2D eigenvalue weighted by Crippen LogP contribution is 2.11. The van der Waals surface area contributed by atoms with E-state index in [2.05, 4.69) is 39.3 Å². The molecule has 0 amide bonds. The van der Waals surface area contributed by atoms with Gasteiger partial charge in [0.1, 0.15) is 0 Å². The molecule has 0 fully saturated rings. The van der Waals surface area contributed by atoms with Gasteiger partial charge in [-0.25, -0.2) is 0 Å². The first-order valence-electron chi connectivity index (χ1n) is 3.89. The third-order valence-corrected chi connectivity index (χ3v) is 1.61. The van der Waals surface area contributed by atoms with Crippen LogP contribution in [0.1, 0.15) is 13.8 Å². The van der Waals surface area contributed by atoms with Crippen molar-refractivity contribution in [2.45, 2.75) is 13.8 Å². The second kappa shape index (κ2) is 7.91. The van der Waals surface area contributed by atoms with Crippen LogP contribution in [0.2, 0.25) is 0 Å². The molecule has 0 heterocycles. The number of nitrogens with zero attached hydrogens (tertiary/aromatic N) is 2. The zero-order valence-electron chi connectivity index (χ0n) is 7.87. The van der Waals surface area contributed by atoms with Crippen LogP contribution in [0.25, 0.3) is 0 Å². The van der Waals surface area contributed by atoms with Crippen LogP contribution >= 0.6 is 22.6 Å². The maximum atomic E-state index is 4.18. The van der Waals surface area contributed by atoms with Crippen molar-refractivity contribution in [2.24, 2.45) is 9.98 Å². The van der Waals surface area contributed by atoms with Gasteiger partial charge in [0, 0.05) is 6.21 Å². The zero-order valence-corrected chi connectivity index (χ0v) is 10.0. The van der Waals surface area contributed by atoms with Gasteiger partial charge >= 0.3 is 0 Å². The van der Waals surface area contributed by atoms with Crippen molar-refractivity contribution in [1.29, 1.82) is 0 Å². The van der Waals surface area contributed by atoms with Gasteiger partial charge in [-0.2, -0.15) is 0 Å². The maximum Gasteiger partial charge on any atom is 0.0883 e. The van der Waals surface area contributed by atoms with Crippen LogP contribution in [0.4, 0.5) is 0 Å². The fourth-order valence-corrected chi connectivity index (χ4v) is 1.11. The van der Waals surface area contributed by atoms with E-state index < -0.39 is 0 Å². The lowest BCUT2D eigenvalue weighted by atomic mass is 10.3. The van der Waals surface area contributed by atoms with Crippen molar-refractivity contribution in [2.75, 3.05) is 0 Å². The number of aliphatic imine (C=N–C) groups is 2. The Bertz CT molecular complexity index is 259. The predicted octanol–water partition coefficient (Wildman–Crippen LogP) is 3.51. The van der Waals surface area contributed by atoms with Crippen molar-refractivity contribution < 1.29 is 0 Å². The van der Waals surface area contributed by atoms with E-state index in [1.165, 1.54) is 0 Å². The molecule has 0 aromatic heterocycles. The maximum absolute atomic E-state index is 4.18. The van der Waals surface area contributed by atoms with E-state index in [0.29, 0.717) is 0 Å². The number of allylic oxidation sites excluding steroid dienone is 3. The van der Waals surface area contributed by atoms with E-state index >= 15 is 0 Å². The van der Waals surface area contributed by atoms with E-state index in [1.807, 2.05) is 36.2 Å². The molecule has 70 valence electrons. The Balaban J connectivity index is 5.10. The largest absolute Gasteiger partial charge is 0.262 e. The fourth-order valence-electron chi connectivity index (χ4n) is 0.770. The first-order chi connectivity index (χ1) is 6.29. The summed E-state index contributed by atoms with van der Waals surface area (Å²) in [6, 6.07) is 0. The van der Waals surface area contributed by atoms with Gasteiger partial charge in [0.05, 0.1) is 11.4 Å². The average molecular weight is 288 g/mol. The van der Waals surface area contributed by atoms with Crippen molar-refractivity contribution in [3.63, 3.8) is 0 Å². The van der Waals surface area contributed by atoms with Crippen LogP contribution in [0, 0.1) is 0 Å². The van der Waals surface area contributed by atoms with Crippen LogP contribution in [0.15, 0.2) is 43.7 Å². The lowest BCUT2D eigenvalue weighted by molar-refractivity contribution is 1.28. The molecule has 0 N–H and O–H groups in total. The summed E-state index contributed by atoms with van der Waals surface area (Å²) in [5.74, 6) is 0. The van der Waals surface area contributed by atoms with Gasteiger partial charge in [0.15, 0.2) is 0 Å². The molecule has 0 aliphatic rings. The lowest BCUT2D eigenvalue weighted by Gasteiger charge is -1.97. The lowest BCUT2D eigenvalue weighted by Crippen LogP contribution is -1.80. The van der Waals surface area contributed by atoms with Gasteiger partial charge in [-0.05, 0) is 36.8 Å². The molecule has 0 saturated heterocycles. The summed E-state index contributed by atoms with van der Waals surface area (Å²) in [6.45, 7) is 7.31. The highest BCUT2D eigenvalue weighted by molar-refractivity contribution is 14.1. The second-order valence-electron chi connectivity index (χ2n) is 2.11. The molecule has 0 aliphatic carbocycles.